The lowest BCUT2D eigenvalue weighted by Crippen LogP contribution is -2.17. The van der Waals surface area contributed by atoms with Crippen molar-refractivity contribution in [3.8, 4) is 5.75 Å². The molecule has 0 aliphatic rings. The summed E-state index contributed by atoms with van der Waals surface area (Å²) < 4.78 is 41.0. The lowest BCUT2D eigenvalue weighted by molar-refractivity contribution is -0.274. The van der Waals surface area contributed by atoms with Crippen LogP contribution in [0.25, 0.3) is 11.0 Å². The molecule has 0 saturated carbocycles. The van der Waals surface area contributed by atoms with Gasteiger partial charge in [0, 0.05) is 43.0 Å². The number of fused-ring (bicyclic) bond motifs is 1. The number of H-pyrrole nitrogens is 1. The molecule has 0 bridgehead atoms. The van der Waals surface area contributed by atoms with E-state index in [4.69, 9.17) is 11.6 Å². The van der Waals surface area contributed by atoms with Crippen LogP contribution in [0.4, 0.5) is 13.2 Å². The monoisotopic (exact) mass is 432 g/mol. The third-order valence-electron chi connectivity index (χ3n) is 4.51. The molecule has 0 spiro atoms. The molecule has 0 amide bonds. The van der Waals surface area contributed by atoms with Crippen molar-refractivity contribution in [2.75, 3.05) is 0 Å². The zero-order chi connectivity index (χ0) is 21.1. The van der Waals surface area contributed by atoms with E-state index in [1.54, 1.807) is 24.7 Å². The number of hydrogen-bond donors (Lipinski definition) is 1. The topological polar surface area (TPSA) is 63.7 Å². The lowest BCUT2D eigenvalue weighted by Gasteiger charge is -2.10. The zero-order valence-electron chi connectivity index (χ0n) is 15.6. The molecular weight excluding hydrogens is 417 g/mol. The molecule has 1 aromatic carbocycles. The number of rotatable bonds is 6. The molecule has 1 N–H and O–H groups in total. The molecule has 0 aliphatic heterocycles. The molecule has 154 valence electrons. The van der Waals surface area contributed by atoms with Crippen LogP contribution in [0, 0.1) is 0 Å². The van der Waals surface area contributed by atoms with Crippen molar-refractivity contribution >= 4 is 22.6 Å². The van der Waals surface area contributed by atoms with Gasteiger partial charge in [-0.25, -0.2) is 15.0 Å². The first-order valence-electron chi connectivity index (χ1n) is 9.12. The minimum absolute atomic E-state index is 0.232. The molecule has 0 atom stereocenters. The van der Waals surface area contributed by atoms with E-state index in [2.05, 4.69) is 24.7 Å². The summed E-state index contributed by atoms with van der Waals surface area (Å²) in [6, 6.07) is 7.78. The number of benzene rings is 1. The fourth-order valence-electron chi connectivity index (χ4n) is 3.15. The third kappa shape index (κ3) is 5.07. The summed E-state index contributed by atoms with van der Waals surface area (Å²) in [5, 5.41) is 1.52. The standard InChI is InChI=1S/C21H16ClF3N4O/c22-16-8-18-15(11-28-20(18)29-12-16)6-14-9-26-19(27-10-14)5-4-13-2-1-3-17(7-13)30-21(23,24)25/h1-3,7-12H,4-6H2,(H,28,29). The Balaban J connectivity index is 1.39. The van der Waals surface area contributed by atoms with E-state index < -0.39 is 6.36 Å². The summed E-state index contributed by atoms with van der Waals surface area (Å²) in [6.45, 7) is 0. The van der Waals surface area contributed by atoms with E-state index >= 15 is 0 Å². The number of hydrogen-bond acceptors (Lipinski definition) is 4. The Kier molecular flexibility index (Phi) is 5.59. The molecular formula is C21H16ClF3N4O. The summed E-state index contributed by atoms with van der Waals surface area (Å²) in [5.41, 5.74) is 3.45. The number of aryl methyl sites for hydroxylation is 2. The first kappa shape index (κ1) is 20.2. The molecule has 5 nitrogen and oxygen atoms in total. The van der Waals surface area contributed by atoms with Crippen LogP contribution in [0.15, 0.2) is 55.1 Å². The number of nitrogens with one attached hydrogen (secondary N) is 1. The summed E-state index contributed by atoms with van der Waals surface area (Å²) in [6.07, 6.45) is 3.90. The SMILES string of the molecule is FC(F)(F)Oc1cccc(CCc2ncc(Cc3c[nH]c4ncc(Cl)cc34)cn2)c1. The lowest BCUT2D eigenvalue weighted by atomic mass is 10.1. The molecule has 3 aromatic heterocycles. The Bertz CT molecular complexity index is 1160. The predicted molar refractivity (Wildman–Crippen MR) is 106 cm³/mol. The molecule has 4 rings (SSSR count). The summed E-state index contributed by atoms with van der Waals surface area (Å²) >= 11 is 6.03. The van der Waals surface area contributed by atoms with E-state index in [-0.39, 0.29) is 5.75 Å². The minimum Gasteiger partial charge on any atom is -0.406 e. The molecule has 0 aliphatic carbocycles. The highest BCUT2D eigenvalue weighted by atomic mass is 35.5. The predicted octanol–water partition coefficient (Wildman–Crippen LogP) is 5.28. The van der Waals surface area contributed by atoms with Gasteiger partial charge in [0.2, 0.25) is 0 Å². The van der Waals surface area contributed by atoms with Gasteiger partial charge in [-0.2, -0.15) is 0 Å². The largest absolute Gasteiger partial charge is 0.573 e. The van der Waals surface area contributed by atoms with E-state index in [1.807, 2.05) is 12.3 Å². The average Bonchev–Trinajstić information content (AvgIpc) is 3.08. The maximum absolute atomic E-state index is 12.3. The Labute approximate surface area is 174 Å². The van der Waals surface area contributed by atoms with Gasteiger partial charge in [-0.3, -0.25) is 0 Å². The number of pyridine rings is 1. The molecule has 3 heterocycles. The molecule has 30 heavy (non-hydrogen) atoms. The van der Waals surface area contributed by atoms with Crippen LogP contribution in [0.5, 0.6) is 5.75 Å². The number of halogens is 4. The second kappa shape index (κ2) is 8.31. The minimum atomic E-state index is -4.70. The Morgan fingerprint density at radius 1 is 0.967 bits per heavy atom. The number of ether oxygens (including phenoxy) is 1. The molecule has 9 heteroatoms. The number of aromatic amines is 1. The maximum Gasteiger partial charge on any atom is 0.573 e. The molecule has 0 radical (unpaired) electrons. The summed E-state index contributed by atoms with van der Waals surface area (Å²) in [7, 11) is 0. The number of nitrogens with zero attached hydrogens (tertiary/aromatic N) is 3. The quantitative estimate of drug-likeness (QED) is 0.450. The van der Waals surface area contributed by atoms with Gasteiger partial charge < -0.3 is 9.72 Å². The van der Waals surface area contributed by atoms with Crippen LogP contribution in [0.2, 0.25) is 5.02 Å². The van der Waals surface area contributed by atoms with Gasteiger partial charge in [0.15, 0.2) is 0 Å². The van der Waals surface area contributed by atoms with Crippen LogP contribution in [-0.2, 0) is 19.3 Å². The summed E-state index contributed by atoms with van der Waals surface area (Å²) in [4.78, 5) is 16.1. The smallest absolute Gasteiger partial charge is 0.406 e. The first-order chi connectivity index (χ1) is 14.4. The Morgan fingerprint density at radius 3 is 2.53 bits per heavy atom. The van der Waals surface area contributed by atoms with E-state index in [1.165, 1.54) is 18.2 Å². The van der Waals surface area contributed by atoms with Crippen molar-refractivity contribution < 1.29 is 17.9 Å². The van der Waals surface area contributed by atoms with Crippen LogP contribution < -0.4 is 4.74 Å². The Morgan fingerprint density at radius 2 is 1.77 bits per heavy atom. The van der Waals surface area contributed by atoms with Gasteiger partial charge in [-0.05, 0) is 41.3 Å². The van der Waals surface area contributed by atoms with Gasteiger partial charge in [0.1, 0.15) is 17.2 Å². The number of alkyl halides is 3. The second-order valence-corrected chi connectivity index (χ2v) is 7.18. The highest BCUT2D eigenvalue weighted by Crippen LogP contribution is 2.24. The highest BCUT2D eigenvalue weighted by Gasteiger charge is 2.31. The summed E-state index contributed by atoms with van der Waals surface area (Å²) in [5.74, 6) is 0.383. The van der Waals surface area contributed by atoms with Crippen LogP contribution in [0.1, 0.15) is 22.5 Å². The van der Waals surface area contributed by atoms with Crippen molar-refractivity contribution in [1.29, 1.82) is 0 Å². The van der Waals surface area contributed by atoms with Crippen LogP contribution in [-0.4, -0.2) is 26.3 Å². The molecule has 0 saturated heterocycles. The van der Waals surface area contributed by atoms with Crippen molar-refractivity contribution in [1.82, 2.24) is 19.9 Å². The first-order valence-corrected chi connectivity index (χ1v) is 9.49. The van der Waals surface area contributed by atoms with Crippen LogP contribution in [0.3, 0.4) is 0 Å². The van der Waals surface area contributed by atoms with Gasteiger partial charge in [0.25, 0.3) is 0 Å². The van der Waals surface area contributed by atoms with Gasteiger partial charge in [-0.15, -0.1) is 13.2 Å². The molecule has 4 aromatic rings. The van der Waals surface area contributed by atoms with E-state index in [0.29, 0.717) is 35.7 Å². The fourth-order valence-corrected chi connectivity index (χ4v) is 3.31. The van der Waals surface area contributed by atoms with E-state index in [9.17, 15) is 13.2 Å². The van der Waals surface area contributed by atoms with Crippen molar-refractivity contribution in [3.05, 3.63) is 82.7 Å². The molecule has 0 fully saturated rings. The zero-order valence-corrected chi connectivity index (χ0v) is 16.3. The van der Waals surface area contributed by atoms with E-state index in [0.717, 1.165) is 22.2 Å². The van der Waals surface area contributed by atoms with Gasteiger partial charge >= 0.3 is 6.36 Å². The normalized spacial score (nSPS) is 11.7. The number of aromatic nitrogens is 4. The van der Waals surface area contributed by atoms with Crippen molar-refractivity contribution in [2.45, 2.75) is 25.6 Å². The molecule has 0 unspecified atom stereocenters. The van der Waals surface area contributed by atoms with Gasteiger partial charge in [0.05, 0.1) is 5.02 Å². The fraction of sp³-hybridized carbons (Fsp3) is 0.190. The van der Waals surface area contributed by atoms with Crippen molar-refractivity contribution in [3.63, 3.8) is 0 Å². The highest BCUT2D eigenvalue weighted by molar-refractivity contribution is 6.31. The van der Waals surface area contributed by atoms with Crippen LogP contribution >= 0.6 is 11.6 Å². The average molecular weight is 433 g/mol. The maximum atomic E-state index is 12.3. The van der Waals surface area contributed by atoms with Gasteiger partial charge in [-0.1, -0.05) is 23.7 Å². The van der Waals surface area contributed by atoms with Crippen molar-refractivity contribution in [2.24, 2.45) is 0 Å². The second-order valence-electron chi connectivity index (χ2n) is 6.74. The third-order valence-corrected chi connectivity index (χ3v) is 4.71. The Hall–Kier alpha value is -3.13.